The molecule has 2 aromatic rings. The van der Waals surface area contributed by atoms with E-state index in [-0.39, 0.29) is 5.91 Å². The summed E-state index contributed by atoms with van der Waals surface area (Å²) >= 11 is 0. The van der Waals surface area contributed by atoms with E-state index < -0.39 is 0 Å². The number of nitrogens with zero attached hydrogens (tertiary/aromatic N) is 4. The van der Waals surface area contributed by atoms with Crippen LogP contribution in [0.25, 0.3) is 0 Å². The van der Waals surface area contributed by atoms with Gasteiger partial charge in [0.1, 0.15) is 0 Å². The summed E-state index contributed by atoms with van der Waals surface area (Å²) in [5.74, 6) is -0.152. The third-order valence-electron chi connectivity index (χ3n) is 1.96. The molecular weight excluding hydrogens is 180 g/mol. The van der Waals surface area contributed by atoms with Crippen molar-refractivity contribution < 1.29 is 4.79 Å². The molecule has 5 nitrogen and oxygen atoms in total. The van der Waals surface area contributed by atoms with Crippen LogP contribution in [0.5, 0.6) is 0 Å². The van der Waals surface area contributed by atoms with Gasteiger partial charge in [0.2, 0.25) is 0 Å². The monoisotopic (exact) mass is 190 g/mol. The van der Waals surface area contributed by atoms with Gasteiger partial charge in [0.05, 0.1) is 11.3 Å². The van der Waals surface area contributed by atoms with Crippen molar-refractivity contribution in [3.05, 3.63) is 35.9 Å². The van der Waals surface area contributed by atoms with Crippen molar-refractivity contribution in [3.63, 3.8) is 0 Å². The minimum Gasteiger partial charge on any atom is -0.275 e. The van der Waals surface area contributed by atoms with Crippen LogP contribution in [-0.2, 0) is 7.05 Å². The number of carbonyl (C=O) groups is 1. The summed E-state index contributed by atoms with van der Waals surface area (Å²) < 4.78 is 2.91. The molecule has 0 spiro atoms. The van der Waals surface area contributed by atoms with Gasteiger partial charge in [0.15, 0.2) is 0 Å². The number of hydrogen-bond acceptors (Lipinski definition) is 3. The highest BCUT2D eigenvalue weighted by atomic mass is 16.2. The maximum Gasteiger partial charge on any atom is 0.281 e. The van der Waals surface area contributed by atoms with Crippen molar-refractivity contribution in [2.24, 2.45) is 7.05 Å². The third kappa shape index (κ3) is 1.32. The zero-order valence-electron chi connectivity index (χ0n) is 8.01. The number of rotatable bonds is 1. The molecule has 14 heavy (non-hydrogen) atoms. The molecule has 0 aromatic carbocycles. The summed E-state index contributed by atoms with van der Waals surface area (Å²) in [6.07, 6.45) is 4.89. The van der Waals surface area contributed by atoms with Crippen molar-refractivity contribution in [1.82, 2.24) is 19.6 Å². The van der Waals surface area contributed by atoms with Crippen LogP contribution in [0.3, 0.4) is 0 Å². The molecule has 0 aliphatic heterocycles. The molecule has 2 aromatic heterocycles. The summed E-state index contributed by atoms with van der Waals surface area (Å²) in [5.41, 5.74) is 1.30. The summed E-state index contributed by atoms with van der Waals surface area (Å²) in [5, 5.41) is 7.97. The first-order valence-electron chi connectivity index (χ1n) is 4.23. The maximum atomic E-state index is 11.8. The van der Waals surface area contributed by atoms with Gasteiger partial charge in [0.25, 0.3) is 5.91 Å². The average Bonchev–Trinajstić information content (AvgIpc) is 2.73. The Bertz CT molecular complexity index is 455. The van der Waals surface area contributed by atoms with Gasteiger partial charge in [-0.05, 0) is 13.0 Å². The molecule has 0 radical (unpaired) electrons. The van der Waals surface area contributed by atoms with Gasteiger partial charge < -0.3 is 0 Å². The third-order valence-corrected chi connectivity index (χ3v) is 1.96. The molecule has 2 heterocycles. The normalized spacial score (nSPS) is 10.4. The van der Waals surface area contributed by atoms with Crippen LogP contribution in [0.1, 0.15) is 16.1 Å². The first kappa shape index (κ1) is 8.68. The highest BCUT2D eigenvalue weighted by Gasteiger charge is 2.13. The summed E-state index contributed by atoms with van der Waals surface area (Å²) in [7, 11) is 1.78. The SMILES string of the molecule is Cc1nn(C)cc1C(=O)n1cccn1. The summed E-state index contributed by atoms with van der Waals surface area (Å²) in [6, 6.07) is 1.71. The molecule has 0 N–H and O–H groups in total. The van der Waals surface area contributed by atoms with E-state index in [0.29, 0.717) is 11.3 Å². The zero-order valence-corrected chi connectivity index (χ0v) is 8.01. The zero-order chi connectivity index (χ0) is 10.1. The minimum atomic E-state index is -0.152. The molecule has 0 aliphatic rings. The highest BCUT2D eigenvalue weighted by molar-refractivity contribution is 5.96. The highest BCUT2D eigenvalue weighted by Crippen LogP contribution is 2.06. The first-order valence-corrected chi connectivity index (χ1v) is 4.23. The second-order valence-electron chi connectivity index (χ2n) is 3.06. The van der Waals surface area contributed by atoms with Gasteiger partial charge in [-0.15, -0.1) is 0 Å². The molecule has 0 saturated carbocycles. The smallest absolute Gasteiger partial charge is 0.275 e. The lowest BCUT2D eigenvalue weighted by Gasteiger charge is -1.96. The molecule has 0 bridgehead atoms. The largest absolute Gasteiger partial charge is 0.281 e. The lowest BCUT2D eigenvalue weighted by atomic mass is 10.2. The van der Waals surface area contributed by atoms with Crippen LogP contribution in [0.15, 0.2) is 24.7 Å². The van der Waals surface area contributed by atoms with Crippen LogP contribution >= 0.6 is 0 Å². The quantitative estimate of drug-likeness (QED) is 0.662. The Morgan fingerprint density at radius 3 is 2.79 bits per heavy atom. The van der Waals surface area contributed by atoms with Gasteiger partial charge in [-0.25, -0.2) is 4.68 Å². The molecule has 0 aliphatic carbocycles. The molecular formula is C9H10N4O. The Kier molecular flexibility index (Phi) is 1.92. The van der Waals surface area contributed by atoms with Crippen molar-refractivity contribution >= 4 is 5.91 Å². The average molecular weight is 190 g/mol. The van der Waals surface area contributed by atoms with E-state index in [9.17, 15) is 4.79 Å². The van der Waals surface area contributed by atoms with E-state index in [1.165, 1.54) is 4.68 Å². The minimum absolute atomic E-state index is 0.152. The number of aryl methyl sites for hydroxylation is 2. The summed E-state index contributed by atoms with van der Waals surface area (Å²) in [6.45, 7) is 1.80. The van der Waals surface area contributed by atoms with E-state index >= 15 is 0 Å². The second-order valence-corrected chi connectivity index (χ2v) is 3.06. The Balaban J connectivity index is 2.41. The standard InChI is InChI=1S/C9H10N4O/c1-7-8(6-12(2)11-7)9(14)13-5-3-4-10-13/h3-6H,1-2H3. The van der Waals surface area contributed by atoms with Gasteiger partial charge in [-0.3, -0.25) is 9.48 Å². The molecule has 0 fully saturated rings. The van der Waals surface area contributed by atoms with Crippen molar-refractivity contribution in [3.8, 4) is 0 Å². The predicted octanol–water partition coefficient (Wildman–Crippen LogP) is 0.614. The Hall–Kier alpha value is -1.91. The fourth-order valence-corrected chi connectivity index (χ4v) is 1.32. The van der Waals surface area contributed by atoms with Crippen LogP contribution in [-0.4, -0.2) is 25.5 Å². The van der Waals surface area contributed by atoms with E-state index in [0.717, 1.165) is 0 Å². The molecule has 0 saturated heterocycles. The Morgan fingerprint density at radius 2 is 2.29 bits per heavy atom. The first-order chi connectivity index (χ1) is 6.68. The van der Waals surface area contributed by atoms with Crippen molar-refractivity contribution in [1.29, 1.82) is 0 Å². The van der Waals surface area contributed by atoms with Crippen LogP contribution in [0, 0.1) is 6.92 Å². The van der Waals surface area contributed by atoms with E-state index in [2.05, 4.69) is 10.2 Å². The van der Waals surface area contributed by atoms with Gasteiger partial charge in [-0.1, -0.05) is 0 Å². The lowest BCUT2D eigenvalue weighted by Crippen LogP contribution is -2.12. The van der Waals surface area contributed by atoms with E-state index in [1.807, 2.05) is 0 Å². The molecule has 0 atom stereocenters. The van der Waals surface area contributed by atoms with E-state index in [4.69, 9.17) is 0 Å². The number of hydrogen-bond donors (Lipinski definition) is 0. The number of aromatic nitrogens is 4. The lowest BCUT2D eigenvalue weighted by molar-refractivity contribution is 0.0944. The topological polar surface area (TPSA) is 52.7 Å². The molecule has 0 unspecified atom stereocenters. The van der Waals surface area contributed by atoms with Crippen LogP contribution in [0.4, 0.5) is 0 Å². The van der Waals surface area contributed by atoms with Gasteiger partial charge in [0, 0.05) is 25.6 Å². The van der Waals surface area contributed by atoms with Crippen molar-refractivity contribution in [2.45, 2.75) is 6.92 Å². The second kappa shape index (κ2) is 3.10. The molecule has 0 amide bonds. The van der Waals surface area contributed by atoms with Gasteiger partial charge >= 0.3 is 0 Å². The molecule has 72 valence electrons. The van der Waals surface area contributed by atoms with Gasteiger partial charge in [-0.2, -0.15) is 10.2 Å². The molecule has 2 rings (SSSR count). The van der Waals surface area contributed by atoms with Crippen molar-refractivity contribution in [2.75, 3.05) is 0 Å². The predicted molar refractivity (Wildman–Crippen MR) is 49.9 cm³/mol. The maximum absolute atomic E-state index is 11.8. The summed E-state index contributed by atoms with van der Waals surface area (Å²) in [4.78, 5) is 11.8. The number of carbonyl (C=O) groups excluding carboxylic acids is 1. The van der Waals surface area contributed by atoms with E-state index in [1.54, 1.807) is 43.3 Å². The Morgan fingerprint density at radius 1 is 1.50 bits per heavy atom. The fourth-order valence-electron chi connectivity index (χ4n) is 1.32. The van der Waals surface area contributed by atoms with Crippen LogP contribution in [0.2, 0.25) is 0 Å². The fraction of sp³-hybridized carbons (Fsp3) is 0.222. The Labute approximate surface area is 81.0 Å². The molecule has 5 heteroatoms. The van der Waals surface area contributed by atoms with Crippen LogP contribution < -0.4 is 0 Å².